The fourth-order valence-electron chi connectivity index (χ4n) is 5.30. The summed E-state index contributed by atoms with van der Waals surface area (Å²) in [5, 5.41) is 1.79. The number of methoxy groups -OCH3 is 1. The molecule has 0 aromatic heterocycles. The maximum absolute atomic E-state index is 13.5. The van der Waals surface area contributed by atoms with Gasteiger partial charge >= 0.3 is 12.1 Å². The molecule has 0 aliphatic carbocycles. The van der Waals surface area contributed by atoms with E-state index in [2.05, 4.69) is 0 Å². The molecule has 3 saturated heterocycles. The van der Waals surface area contributed by atoms with Gasteiger partial charge in [0.05, 0.1) is 24.9 Å². The van der Waals surface area contributed by atoms with Gasteiger partial charge in [0.2, 0.25) is 0 Å². The summed E-state index contributed by atoms with van der Waals surface area (Å²) in [7, 11) is 1.56. The normalized spacial score (nSPS) is 23.4. The van der Waals surface area contributed by atoms with Crippen molar-refractivity contribution >= 4 is 34.5 Å². The van der Waals surface area contributed by atoms with Crippen molar-refractivity contribution in [3.8, 4) is 11.5 Å². The molecule has 0 spiro atoms. The van der Waals surface area contributed by atoms with E-state index in [1.165, 1.54) is 4.90 Å². The summed E-state index contributed by atoms with van der Waals surface area (Å²) >= 11 is 0. The molecule has 4 amide bonds. The monoisotopic (exact) mass is 443 g/mol. The summed E-state index contributed by atoms with van der Waals surface area (Å²) in [6.07, 6.45) is 0.0552. The number of hydrogen-bond donors (Lipinski definition) is 0. The number of piperazine rings is 1. The lowest BCUT2D eigenvalue weighted by Gasteiger charge is -2.34. The molecule has 33 heavy (non-hydrogen) atoms. The molecular formula is C25H21N3O5. The van der Waals surface area contributed by atoms with Gasteiger partial charge < -0.3 is 19.3 Å². The number of imide groups is 1. The molecule has 2 bridgehead atoms. The first kappa shape index (κ1) is 19.6. The van der Waals surface area contributed by atoms with Crippen molar-refractivity contribution in [3.63, 3.8) is 0 Å². The first-order valence-corrected chi connectivity index (χ1v) is 10.8. The lowest BCUT2D eigenvalue weighted by Crippen LogP contribution is -2.55. The van der Waals surface area contributed by atoms with E-state index in [9.17, 15) is 14.4 Å². The fraction of sp³-hybridized carbons (Fsp3) is 0.240. The van der Waals surface area contributed by atoms with Crippen molar-refractivity contribution < 1.29 is 23.9 Å². The predicted octanol–water partition coefficient (Wildman–Crippen LogP) is 3.64. The van der Waals surface area contributed by atoms with Gasteiger partial charge in [-0.25, -0.2) is 14.5 Å². The van der Waals surface area contributed by atoms with Gasteiger partial charge in [-0.05, 0) is 42.1 Å². The minimum Gasteiger partial charge on any atom is -0.497 e. The number of carbonyl (C=O) groups is 3. The van der Waals surface area contributed by atoms with Crippen molar-refractivity contribution in [1.82, 2.24) is 9.80 Å². The van der Waals surface area contributed by atoms with Crippen LogP contribution in [0.5, 0.6) is 11.5 Å². The quantitative estimate of drug-likeness (QED) is 0.578. The summed E-state index contributed by atoms with van der Waals surface area (Å²) < 4.78 is 10.7. The Morgan fingerprint density at radius 1 is 0.939 bits per heavy atom. The molecule has 2 unspecified atom stereocenters. The molecule has 3 aromatic carbocycles. The highest BCUT2D eigenvalue weighted by atomic mass is 16.6. The lowest BCUT2D eigenvalue weighted by molar-refractivity contribution is -0.121. The summed E-state index contributed by atoms with van der Waals surface area (Å²) in [4.78, 5) is 44.2. The van der Waals surface area contributed by atoms with Gasteiger partial charge in [0, 0.05) is 11.9 Å². The Morgan fingerprint density at radius 2 is 1.67 bits per heavy atom. The number of amides is 4. The molecule has 0 saturated carbocycles. The van der Waals surface area contributed by atoms with E-state index in [1.54, 1.807) is 47.2 Å². The Balaban J connectivity index is 1.27. The van der Waals surface area contributed by atoms with Crippen LogP contribution in [0, 0.1) is 0 Å². The number of benzene rings is 3. The van der Waals surface area contributed by atoms with Crippen molar-refractivity contribution in [2.45, 2.75) is 24.5 Å². The predicted molar refractivity (Wildman–Crippen MR) is 120 cm³/mol. The average molecular weight is 443 g/mol. The molecule has 3 fully saturated rings. The zero-order chi connectivity index (χ0) is 22.7. The molecule has 0 radical (unpaired) electrons. The van der Waals surface area contributed by atoms with Crippen LogP contribution in [-0.4, -0.2) is 59.6 Å². The molecule has 3 aliphatic rings. The number of ether oxygens (including phenoxy) is 2. The third kappa shape index (κ3) is 2.87. The first-order valence-electron chi connectivity index (χ1n) is 10.8. The molecule has 3 aliphatic heterocycles. The van der Waals surface area contributed by atoms with Crippen LogP contribution in [0.1, 0.15) is 6.42 Å². The van der Waals surface area contributed by atoms with Gasteiger partial charge in [-0.2, -0.15) is 0 Å². The number of urea groups is 1. The number of hydrogen-bond acceptors (Lipinski definition) is 5. The molecule has 166 valence electrons. The minimum atomic E-state index is -0.696. The lowest BCUT2D eigenvalue weighted by atomic mass is 10.1. The zero-order valence-electron chi connectivity index (χ0n) is 17.9. The van der Waals surface area contributed by atoms with Crippen LogP contribution in [0.4, 0.5) is 15.3 Å². The van der Waals surface area contributed by atoms with Crippen LogP contribution in [-0.2, 0) is 4.79 Å². The third-order valence-corrected chi connectivity index (χ3v) is 6.77. The Bertz CT molecular complexity index is 1290. The van der Waals surface area contributed by atoms with Gasteiger partial charge in [-0.1, -0.05) is 36.4 Å². The summed E-state index contributed by atoms with van der Waals surface area (Å²) in [5.41, 5.74) is 0.573. The van der Waals surface area contributed by atoms with E-state index in [1.807, 2.05) is 36.4 Å². The van der Waals surface area contributed by atoms with Crippen LogP contribution in [0.2, 0.25) is 0 Å². The van der Waals surface area contributed by atoms with Crippen LogP contribution in [0.3, 0.4) is 0 Å². The van der Waals surface area contributed by atoms with E-state index in [4.69, 9.17) is 9.47 Å². The second-order valence-corrected chi connectivity index (χ2v) is 8.46. The Hall–Kier alpha value is -4.07. The first-order chi connectivity index (χ1) is 16.1. The number of carbonyl (C=O) groups excluding carboxylic acids is 3. The second-order valence-electron chi connectivity index (χ2n) is 8.46. The van der Waals surface area contributed by atoms with E-state index in [0.717, 1.165) is 10.8 Å². The SMILES string of the molecule is COc1ccc(OC(=O)N2CC3CC2[C@@H]2C(=O)N(c4cccc5ccccc45)C(=O)N32)cc1. The van der Waals surface area contributed by atoms with Gasteiger partial charge in [-0.3, -0.25) is 4.79 Å². The minimum absolute atomic E-state index is 0.208. The van der Waals surface area contributed by atoms with E-state index >= 15 is 0 Å². The number of nitrogens with zero attached hydrogens (tertiary/aromatic N) is 3. The largest absolute Gasteiger partial charge is 0.497 e. The van der Waals surface area contributed by atoms with Crippen molar-refractivity contribution in [2.24, 2.45) is 0 Å². The average Bonchev–Trinajstić information content (AvgIpc) is 3.51. The molecule has 0 N–H and O–H groups in total. The molecule has 3 heterocycles. The number of likely N-dealkylation sites (tertiary alicyclic amines) is 1. The van der Waals surface area contributed by atoms with Gasteiger partial charge in [0.25, 0.3) is 5.91 Å². The third-order valence-electron chi connectivity index (χ3n) is 6.77. The molecule has 8 heteroatoms. The van der Waals surface area contributed by atoms with Gasteiger partial charge in [0.1, 0.15) is 17.5 Å². The molecule has 8 nitrogen and oxygen atoms in total. The maximum Gasteiger partial charge on any atom is 0.415 e. The van der Waals surface area contributed by atoms with Crippen LogP contribution >= 0.6 is 0 Å². The maximum atomic E-state index is 13.5. The Labute approximate surface area is 189 Å². The van der Waals surface area contributed by atoms with Crippen LogP contribution < -0.4 is 14.4 Å². The molecule has 3 atom stereocenters. The fourth-order valence-corrected chi connectivity index (χ4v) is 5.30. The Morgan fingerprint density at radius 3 is 2.45 bits per heavy atom. The highest BCUT2D eigenvalue weighted by molar-refractivity contribution is 6.25. The van der Waals surface area contributed by atoms with Gasteiger partial charge in [-0.15, -0.1) is 0 Å². The highest BCUT2D eigenvalue weighted by Crippen LogP contribution is 2.43. The number of anilines is 1. The standard InChI is InChI=1S/C25H21N3O5/c1-32-17-9-11-18(12-10-17)33-25(31)26-14-16-13-21(26)22-23(29)28(24(30)27(16)22)20-8-4-6-15-5-2-3-7-19(15)20/h2-12,16,21-22H,13-14H2,1H3/t16?,21?,22-/m1/s1. The topological polar surface area (TPSA) is 79.4 Å². The summed E-state index contributed by atoms with van der Waals surface area (Å²) in [6.45, 7) is 0.346. The molecular weight excluding hydrogens is 422 g/mol. The van der Waals surface area contributed by atoms with Crippen LogP contribution in [0.25, 0.3) is 10.8 Å². The number of rotatable bonds is 3. The Kier molecular flexibility index (Phi) is 4.29. The van der Waals surface area contributed by atoms with Gasteiger partial charge in [0.15, 0.2) is 0 Å². The highest BCUT2D eigenvalue weighted by Gasteiger charge is 2.63. The number of fused-ring (bicyclic) bond motifs is 6. The zero-order valence-corrected chi connectivity index (χ0v) is 17.9. The van der Waals surface area contributed by atoms with E-state index in [0.29, 0.717) is 30.2 Å². The van der Waals surface area contributed by atoms with Crippen molar-refractivity contribution in [3.05, 3.63) is 66.7 Å². The molecule has 3 aromatic rings. The van der Waals surface area contributed by atoms with E-state index in [-0.39, 0.29) is 18.0 Å². The van der Waals surface area contributed by atoms with Crippen molar-refractivity contribution in [1.29, 1.82) is 0 Å². The summed E-state index contributed by atoms with van der Waals surface area (Å²) in [6, 6.07) is 18.3. The summed E-state index contributed by atoms with van der Waals surface area (Å²) in [5.74, 6) is 0.756. The van der Waals surface area contributed by atoms with Crippen molar-refractivity contribution in [2.75, 3.05) is 18.6 Å². The molecule has 6 rings (SSSR count). The van der Waals surface area contributed by atoms with E-state index < -0.39 is 18.2 Å². The smallest absolute Gasteiger partial charge is 0.415 e. The van der Waals surface area contributed by atoms with Crippen LogP contribution in [0.15, 0.2) is 66.7 Å². The second kappa shape index (κ2) is 7.23.